The topological polar surface area (TPSA) is 78.1 Å². The second kappa shape index (κ2) is 5.81. The number of hydrogen-bond acceptors (Lipinski definition) is 4. The molecule has 0 aliphatic carbocycles. The fourth-order valence-electron chi connectivity index (χ4n) is 1.74. The first kappa shape index (κ1) is 15.1. The fourth-order valence-corrected chi connectivity index (χ4v) is 3.50. The molecule has 1 aromatic rings. The van der Waals surface area contributed by atoms with Crippen molar-refractivity contribution >= 4 is 10.0 Å². The van der Waals surface area contributed by atoms with E-state index in [-0.39, 0.29) is 6.04 Å². The Morgan fingerprint density at radius 2 is 2.11 bits per heavy atom. The number of H-pyrrole nitrogens is 1. The van der Waals surface area contributed by atoms with Crippen LogP contribution in [0.4, 0.5) is 0 Å². The predicted molar refractivity (Wildman–Crippen MR) is 70.8 cm³/mol. The highest BCUT2D eigenvalue weighted by atomic mass is 32.2. The van der Waals surface area contributed by atoms with E-state index >= 15 is 0 Å². The number of hydrogen-bond donors (Lipinski definition) is 2. The molecular weight excluding hydrogens is 252 g/mol. The molecule has 1 unspecified atom stereocenters. The Balaban J connectivity index is 3.23. The third-order valence-corrected chi connectivity index (χ3v) is 5.33. The van der Waals surface area contributed by atoms with Crippen molar-refractivity contribution in [1.29, 1.82) is 0 Å². The summed E-state index contributed by atoms with van der Waals surface area (Å²) >= 11 is 0. The van der Waals surface area contributed by atoms with E-state index in [9.17, 15) is 8.42 Å². The summed E-state index contributed by atoms with van der Waals surface area (Å²) in [5.74, 6) is 0. The molecule has 7 heteroatoms. The quantitative estimate of drug-likeness (QED) is 0.806. The Kier molecular flexibility index (Phi) is 4.89. The lowest BCUT2D eigenvalue weighted by atomic mass is 10.3. The number of aromatic amines is 1. The lowest BCUT2D eigenvalue weighted by Gasteiger charge is -2.23. The predicted octanol–water partition coefficient (Wildman–Crippen LogP) is 0.857. The van der Waals surface area contributed by atoms with Gasteiger partial charge in [0, 0.05) is 19.6 Å². The largest absolute Gasteiger partial charge is 0.314 e. The van der Waals surface area contributed by atoms with Gasteiger partial charge < -0.3 is 5.32 Å². The number of sulfonamides is 1. The average Bonchev–Trinajstić information content (AvgIpc) is 2.69. The molecule has 1 rings (SSSR count). The molecule has 18 heavy (non-hydrogen) atoms. The molecule has 0 aromatic carbocycles. The first-order valence-electron chi connectivity index (χ1n) is 6.02. The molecule has 1 aromatic heterocycles. The van der Waals surface area contributed by atoms with Gasteiger partial charge in [-0.3, -0.25) is 5.10 Å². The van der Waals surface area contributed by atoms with Gasteiger partial charge in [-0.2, -0.15) is 9.40 Å². The Labute approximate surface area is 109 Å². The Morgan fingerprint density at radius 1 is 1.50 bits per heavy atom. The lowest BCUT2D eigenvalue weighted by Crippen LogP contribution is -2.35. The van der Waals surface area contributed by atoms with Gasteiger partial charge in [-0.25, -0.2) is 8.42 Å². The van der Waals surface area contributed by atoms with Crippen molar-refractivity contribution in [2.45, 2.75) is 44.7 Å². The third-order valence-electron chi connectivity index (χ3n) is 3.15. The molecule has 0 saturated carbocycles. The van der Waals surface area contributed by atoms with Crippen LogP contribution in [-0.2, 0) is 16.6 Å². The molecule has 2 N–H and O–H groups in total. The molecule has 0 spiro atoms. The van der Waals surface area contributed by atoms with Crippen LogP contribution in [0, 0.1) is 6.92 Å². The standard InChI is InChI=1S/C11H22N4O2S/c1-6-8(2)15(5)18(16,17)11-9(3)13-14-10(11)7-12-4/h8,12H,6-7H2,1-5H3,(H,13,14). The van der Waals surface area contributed by atoms with Crippen molar-refractivity contribution in [3.05, 3.63) is 11.4 Å². The van der Waals surface area contributed by atoms with Crippen molar-refractivity contribution in [3.8, 4) is 0 Å². The third kappa shape index (κ3) is 2.73. The van der Waals surface area contributed by atoms with E-state index in [1.54, 1.807) is 21.0 Å². The van der Waals surface area contributed by atoms with Crippen LogP contribution in [0.1, 0.15) is 31.7 Å². The minimum Gasteiger partial charge on any atom is -0.314 e. The fraction of sp³-hybridized carbons (Fsp3) is 0.727. The van der Waals surface area contributed by atoms with Crippen LogP contribution in [0.5, 0.6) is 0 Å². The number of nitrogens with one attached hydrogen (secondary N) is 2. The molecule has 0 amide bonds. The van der Waals surface area contributed by atoms with Crippen molar-refractivity contribution < 1.29 is 8.42 Å². The van der Waals surface area contributed by atoms with E-state index in [4.69, 9.17) is 0 Å². The highest BCUT2D eigenvalue weighted by Gasteiger charge is 2.30. The first-order valence-corrected chi connectivity index (χ1v) is 7.46. The zero-order valence-electron chi connectivity index (χ0n) is 11.6. The molecule has 104 valence electrons. The maximum absolute atomic E-state index is 12.5. The van der Waals surface area contributed by atoms with E-state index in [1.165, 1.54) is 4.31 Å². The summed E-state index contributed by atoms with van der Waals surface area (Å²) in [6.45, 7) is 6.01. The van der Waals surface area contributed by atoms with Crippen molar-refractivity contribution in [2.75, 3.05) is 14.1 Å². The average molecular weight is 274 g/mol. The van der Waals surface area contributed by atoms with Gasteiger partial charge in [-0.1, -0.05) is 6.92 Å². The smallest absolute Gasteiger partial charge is 0.246 e. The Bertz CT molecular complexity index is 495. The molecule has 6 nitrogen and oxygen atoms in total. The van der Waals surface area contributed by atoms with E-state index in [1.807, 2.05) is 13.8 Å². The molecule has 0 saturated heterocycles. The summed E-state index contributed by atoms with van der Waals surface area (Å²) in [5, 5.41) is 9.72. The SMILES string of the molecule is CCC(C)N(C)S(=O)(=O)c1c(CNC)n[nH]c1C. The van der Waals surface area contributed by atoms with Gasteiger partial charge in [0.05, 0.1) is 11.4 Å². The second-order valence-corrected chi connectivity index (χ2v) is 6.37. The highest BCUT2D eigenvalue weighted by Crippen LogP contribution is 2.23. The van der Waals surface area contributed by atoms with Crippen molar-refractivity contribution in [2.24, 2.45) is 0 Å². The van der Waals surface area contributed by atoms with E-state index in [0.29, 0.717) is 22.8 Å². The molecule has 0 bridgehead atoms. The van der Waals surface area contributed by atoms with Crippen LogP contribution in [0.2, 0.25) is 0 Å². The molecule has 1 heterocycles. The maximum Gasteiger partial charge on any atom is 0.246 e. The molecule has 0 fully saturated rings. The number of aryl methyl sites for hydroxylation is 1. The van der Waals surface area contributed by atoms with Crippen LogP contribution in [0.25, 0.3) is 0 Å². The van der Waals surface area contributed by atoms with Crippen LogP contribution >= 0.6 is 0 Å². The van der Waals surface area contributed by atoms with E-state index in [0.717, 1.165) is 6.42 Å². The van der Waals surface area contributed by atoms with Gasteiger partial charge in [0.2, 0.25) is 10.0 Å². The molecular formula is C11H22N4O2S. The van der Waals surface area contributed by atoms with Gasteiger partial charge >= 0.3 is 0 Å². The number of aromatic nitrogens is 2. The van der Waals surface area contributed by atoms with Crippen molar-refractivity contribution in [3.63, 3.8) is 0 Å². The Hall–Kier alpha value is -0.920. The van der Waals surface area contributed by atoms with Crippen LogP contribution in [0.15, 0.2) is 4.90 Å². The van der Waals surface area contributed by atoms with Crippen LogP contribution in [-0.4, -0.2) is 43.1 Å². The Morgan fingerprint density at radius 3 is 2.61 bits per heavy atom. The summed E-state index contributed by atoms with van der Waals surface area (Å²) < 4.78 is 26.5. The van der Waals surface area contributed by atoms with Gasteiger partial charge in [0.25, 0.3) is 0 Å². The first-order chi connectivity index (χ1) is 8.36. The lowest BCUT2D eigenvalue weighted by molar-refractivity contribution is 0.380. The molecule has 0 aliphatic heterocycles. The zero-order valence-corrected chi connectivity index (χ0v) is 12.4. The summed E-state index contributed by atoms with van der Waals surface area (Å²) in [6.07, 6.45) is 0.772. The highest BCUT2D eigenvalue weighted by molar-refractivity contribution is 7.89. The van der Waals surface area contributed by atoms with Crippen LogP contribution in [0.3, 0.4) is 0 Å². The monoisotopic (exact) mass is 274 g/mol. The summed E-state index contributed by atoms with van der Waals surface area (Å²) in [7, 11) is -0.118. The minimum absolute atomic E-state index is 0.0354. The van der Waals surface area contributed by atoms with E-state index < -0.39 is 10.0 Å². The summed E-state index contributed by atoms with van der Waals surface area (Å²) in [5.41, 5.74) is 1.11. The number of rotatable bonds is 6. The zero-order chi connectivity index (χ0) is 13.9. The molecule has 0 radical (unpaired) electrons. The van der Waals surface area contributed by atoms with E-state index in [2.05, 4.69) is 15.5 Å². The number of nitrogens with zero attached hydrogens (tertiary/aromatic N) is 2. The second-order valence-electron chi connectivity index (χ2n) is 4.43. The minimum atomic E-state index is -3.49. The van der Waals surface area contributed by atoms with Crippen molar-refractivity contribution in [1.82, 2.24) is 19.8 Å². The normalized spacial score (nSPS) is 14.1. The molecule has 0 aliphatic rings. The van der Waals surface area contributed by atoms with Gasteiger partial charge in [-0.05, 0) is 27.3 Å². The van der Waals surface area contributed by atoms with Gasteiger partial charge in [0.1, 0.15) is 4.90 Å². The summed E-state index contributed by atoms with van der Waals surface area (Å²) in [4.78, 5) is 0.291. The summed E-state index contributed by atoms with van der Waals surface area (Å²) in [6, 6.07) is -0.0354. The van der Waals surface area contributed by atoms with Gasteiger partial charge in [0.15, 0.2) is 0 Å². The molecule has 1 atom stereocenters. The van der Waals surface area contributed by atoms with Gasteiger partial charge in [-0.15, -0.1) is 0 Å². The van der Waals surface area contributed by atoms with Crippen LogP contribution < -0.4 is 5.32 Å². The maximum atomic E-state index is 12.5.